The lowest BCUT2D eigenvalue weighted by Crippen LogP contribution is -2.46. The highest BCUT2D eigenvalue weighted by atomic mass is 16.5. The van der Waals surface area contributed by atoms with Crippen molar-refractivity contribution in [3.8, 4) is 0 Å². The van der Waals surface area contributed by atoms with E-state index in [2.05, 4.69) is 5.32 Å². The molecule has 4 heteroatoms. The molecular weight excluding hydrogens is 180 g/mol. The molecule has 0 aromatic heterocycles. The summed E-state index contributed by atoms with van der Waals surface area (Å²) >= 11 is 0. The summed E-state index contributed by atoms with van der Waals surface area (Å²) in [5.74, 6) is 1.51. The predicted octanol–water partition coefficient (Wildman–Crippen LogP) is -0.299. The standard InChI is InChI=1S/C10H18N2O2/c1-11-4-10(13)12-3-2-8-6-14-7-9(8)5-12/h8-9,11H,2-7H2,1H3/t8-,9+/m0/s1. The summed E-state index contributed by atoms with van der Waals surface area (Å²) in [6.45, 7) is 4.00. The van der Waals surface area contributed by atoms with Gasteiger partial charge in [-0.15, -0.1) is 0 Å². The van der Waals surface area contributed by atoms with Crippen LogP contribution >= 0.6 is 0 Å². The van der Waals surface area contributed by atoms with Crippen molar-refractivity contribution >= 4 is 5.91 Å². The molecule has 0 aromatic rings. The fourth-order valence-corrected chi connectivity index (χ4v) is 2.35. The fraction of sp³-hybridized carbons (Fsp3) is 0.900. The number of fused-ring (bicyclic) bond motifs is 1. The fourth-order valence-electron chi connectivity index (χ4n) is 2.35. The second-order valence-corrected chi connectivity index (χ2v) is 4.22. The molecule has 0 aromatic carbocycles. The van der Waals surface area contributed by atoms with Crippen LogP contribution in [-0.2, 0) is 9.53 Å². The van der Waals surface area contributed by atoms with Crippen molar-refractivity contribution < 1.29 is 9.53 Å². The van der Waals surface area contributed by atoms with Crippen LogP contribution in [0.1, 0.15) is 6.42 Å². The Morgan fingerprint density at radius 2 is 2.29 bits per heavy atom. The van der Waals surface area contributed by atoms with E-state index < -0.39 is 0 Å². The molecule has 0 bridgehead atoms. The maximum atomic E-state index is 11.6. The van der Waals surface area contributed by atoms with Crippen molar-refractivity contribution in [3.63, 3.8) is 0 Å². The lowest BCUT2D eigenvalue weighted by Gasteiger charge is -2.33. The van der Waals surface area contributed by atoms with Crippen LogP contribution in [0.3, 0.4) is 0 Å². The van der Waals surface area contributed by atoms with E-state index in [1.54, 1.807) is 0 Å². The summed E-state index contributed by atoms with van der Waals surface area (Å²) in [7, 11) is 1.81. The highest BCUT2D eigenvalue weighted by molar-refractivity contribution is 5.78. The molecule has 0 unspecified atom stereocenters. The smallest absolute Gasteiger partial charge is 0.236 e. The van der Waals surface area contributed by atoms with Crippen molar-refractivity contribution in [1.82, 2.24) is 10.2 Å². The first-order valence-electron chi connectivity index (χ1n) is 5.31. The zero-order valence-corrected chi connectivity index (χ0v) is 8.66. The number of ether oxygens (including phenoxy) is 1. The molecule has 2 rings (SSSR count). The minimum atomic E-state index is 0.220. The number of carbonyl (C=O) groups is 1. The third-order valence-electron chi connectivity index (χ3n) is 3.24. The van der Waals surface area contributed by atoms with Gasteiger partial charge in [0.15, 0.2) is 0 Å². The third kappa shape index (κ3) is 1.91. The topological polar surface area (TPSA) is 41.6 Å². The van der Waals surface area contributed by atoms with Gasteiger partial charge in [-0.05, 0) is 19.4 Å². The van der Waals surface area contributed by atoms with E-state index in [4.69, 9.17) is 4.74 Å². The lowest BCUT2D eigenvalue weighted by molar-refractivity contribution is -0.132. The Labute approximate surface area is 84.6 Å². The molecule has 2 aliphatic heterocycles. The number of nitrogens with zero attached hydrogens (tertiary/aromatic N) is 1. The Morgan fingerprint density at radius 3 is 3.07 bits per heavy atom. The number of piperidine rings is 1. The van der Waals surface area contributed by atoms with Gasteiger partial charge in [-0.2, -0.15) is 0 Å². The van der Waals surface area contributed by atoms with Gasteiger partial charge in [0.25, 0.3) is 0 Å². The largest absolute Gasteiger partial charge is 0.381 e. The number of likely N-dealkylation sites (tertiary alicyclic amines) is 1. The van der Waals surface area contributed by atoms with E-state index in [-0.39, 0.29) is 5.91 Å². The molecule has 80 valence electrons. The molecule has 2 atom stereocenters. The maximum Gasteiger partial charge on any atom is 0.236 e. The molecule has 0 spiro atoms. The van der Waals surface area contributed by atoms with Crippen LogP contribution in [0.5, 0.6) is 0 Å². The number of likely N-dealkylation sites (N-methyl/N-ethyl adjacent to an activating group) is 1. The first kappa shape index (κ1) is 9.93. The zero-order chi connectivity index (χ0) is 9.97. The van der Waals surface area contributed by atoms with Gasteiger partial charge in [-0.25, -0.2) is 0 Å². The van der Waals surface area contributed by atoms with Crippen LogP contribution in [0.25, 0.3) is 0 Å². The van der Waals surface area contributed by atoms with Crippen LogP contribution in [-0.4, -0.2) is 50.7 Å². The minimum absolute atomic E-state index is 0.220. The Balaban J connectivity index is 1.87. The number of amides is 1. The number of hydrogen-bond donors (Lipinski definition) is 1. The van der Waals surface area contributed by atoms with E-state index in [9.17, 15) is 4.79 Å². The van der Waals surface area contributed by atoms with Crippen LogP contribution < -0.4 is 5.32 Å². The highest BCUT2D eigenvalue weighted by Crippen LogP contribution is 2.28. The molecule has 14 heavy (non-hydrogen) atoms. The molecule has 2 saturated heterocycles. The molecule has 2 heterocycles. The molecule has 0 saturated carbocycles. The Morgan fingerprint density at radius 1 is 1.50 bits per heavy atom. The number of rotatable bonds is 2. The Hall–Kier alpha value is -0.610. The first-order chi connectivity index (χ1) is 6.81. The Bertz CT molecular complexity index is 220. The Kier molecular flexibility index (Phi) is 3.03. The quantitative estimate of drug-likeness (QED) is 0.662. The van der Waals surface area contributed by atoms with Crippen molar-refractivity contribution in [3.05, 3.63) is 0 Å². The summed E-state index contributed by atoms with van der Waals surface area (Å²) in [6, 6.07) is 0. The monoisotopic (exact) mass is 198 g/mol. The molecule has 0 radical (unpaired) electrons. The minimum Gasteiger partial charge on any atom is -0.381 e. The number of nitrogens with one attached hydrogen (secondary N) is 1. The molecular formula is C10H18N2O2. The average molecular weight is 198 g/mol. The molecule has 1 N–H and O–H groups in total. The summed E-state index contributed by atoms with van der Waals surface area (Å²) in [4.78, 5) is 13.6. The second-order valence-electron chi connectivity index (χ2n) is 4.22. The van der Waals surface area contributed by atoms with E-state index >= 15 is 0 Å². The second kappa shape index (κ2) is 4.28. The molecule has 4 nitrogen and oxygen atoms in total. The summed E-state index contributed by atoms with van der Waals surface area (Å²) in [6.07, 6.45) is 1.11. The molecule has 0 aliphatic carbocycles. The van der Waals surface area contributed by atoms with Gasteiger partial charge in [0.2, 0.25) is 5.91 Å². The lowest BCUT2D eigenvalue weighted by atomic mass is 9.89. The maximum absolute atomic E-state index is 11.6. The SMILES string of the molecule is CNCC(=O)N1CC[C@H]2COC[C@H]2C1. The predicted molar refractivity (Wildman–Crippen MR) is 52.9 cm³/mol. The van der Waals surface area contributed by atoms with Crippen molar-refractivity contribution in [2.75, 3.05) is 39.9 Å². The molecule has 1 amide bonds. The van der Waals surface area contributed by atoms with Crippen LogP contribution in [0.4, 0.5) is 0 Å². The van der Waals surface area contributed by atoms with Gasteiger partial charge in [-0.3, -0.25) is 4.79 Å². The van der Waals surface area contributed by atoms with Gasteiger partial charge in [0, 0.05) is 25.6 Å². The van der Waals surface area contributed by atoms with Crippen molar-refractivity contribution in [2.24, 2.45) is 11.8 Å². The van der Waals surface area contributed by atoms with Crippen LogP contribution in [0.15, 0.2) is 0 Å². The van der Waals surface area contributed by atoms with E-state index in [1.165, 1.54) is 0 Å². The third-order valence-corrected chi connectivity index (χ3v) is 3.24. The van der Waals surface area contributed by atoms with Gasteiger partial charge < -0.3 is 15.0 Å². The van der Waals surface area contributed by atoms with Crippen molar-refractivity contribution in [2.45, 2.75) is 6.42 Å². The number of carbonyl (C=O) groups excluding carboxylic acids is 1. The zero-order valence-electron chi connectivity index (χ0n) is 8.66. The molecule has 2 fully saturated rings. The highest BCUT2D eigenvalue weighted by Gasteiger charge is 2.34. The average Bonchev–Trinajstić information content (AvgIpc) is 2.64. The van der Waals surface area contributed by atoms with Gasteiger partial charge in [0.1, 0.15) is 0 Å². The van der Waals surface area contributed by atoms with Gasteiger partial charge in [-0.1, -0.05) is 0 Å². The summed E-state index contributed by atoms with van der Waals surface area (Å²) < 4.78 is 5.43. The number of hydrogen-bond acceptors (Lipinski definition) is 3. The van der Waals surface area contributed by atoms with E-state index in [1.807, 2.05) is 11.9 Å². The van der Waals surface area contributed by atoms with Crippen LogP contribution in [0, 0.1) is 11.8 Å². The first-order valence-corrected chi connectivity index (χ1v) is 5.31. The van der Waals surface area contributed by atoms with E-state index in [0.29, 0.717) is 18.4 Å². The van der Waals surface area contributed by atoms with E-state index in [0.717, 1.165) is 32.7 Å². The van der Waals surface area contributed by atoms with Crippen LogP contribution in [0.2, 0.25) is 0 Å². The summed E-state index contributed by atoms with van der Waals surface area (Å²) in [5.41, 5.74) is 0. The normalized spacial score (nSPS) is 31.6. The molecule has 2 aliphatic rings. The van der Waals surface area contributed by atoms with Gasteiger partial charge >= 0.3 is 0 Å². The summed E-state index contributed by atoms with van der Waals surface area (Å²) in [5, 5.41) is 2.90. The van der Waals surface area contributed by atoms with Crippen molar-refractivity contribution in [1.29, 1.82) is 0 Å². The van der Waals surface area contributed by atoms with Gasteiger partial charge in [0.05, 0.1) is 13.2 Å².